The molecule has 1 aliphatic rings. The molecule has 5 heteroatoms. The van der Waals surface area contributed by atoms with Gasteiger partial charge in [-0.3, -0.25) is 0 Å². The molecule has 0 N–H and O–H groups in total. The normalized spacial score (nSPS) is 28.5. The number of amidine groups is 1. The molecule has 0 fully saturated rings. The van der Waals surface area contributed by atoms with Crippen LogP contribution >= 0.6 is 0 Å². The Hall–Kier alpha value is -1.13. The smallest absolute Gasteiger partial charge is 0.245 e. The van der Waals surface area contributed by atoms with Crippen molar-refractivity contribution in [3.8, 4) is 0 Å². The Balaban J connectivity index is 3.03. The summed E-state index contributed by atoms with van der Waals surface area (Å²) in [4.78, 5) is 7.26. The molecule has 0 saturated carbocycles. The molecule has 0 bridgehead atoms. The van der Waals surface area contributed by atoms with Crippen LogP contribution in [-0.4, -0.2) is 18.2 Å². The zero-order valence-corrected chi connectivity index (χ0v) is 7.26. The number of alkyl halides is 3. The molecule has 0 saturated heterocycles. The van der Waals surface area contributed by atoms with Gasteiger partial charge in [0.1, 0.15) is 11.3 Å². The molecule has 1 aliphatic heterocycles. The molecule has 0 aromatic rings. The molecule has 0 amide bonds. The minimum atomic E-state index is -4.33. The van der Waals surface area contributed by atoms with Gasteiger partial charge in [0.05, 0.1) is 0 Å². The number of nitrogens with zero attached hydrogens (tertiary/aromatic N) is 2. The molecule has 1 heterocycles. The lowest BCUT2D eigenvalue weighted by atomic mass is 9.91. The Morgan fingerprint density at radius 3 is 2.54 bits per heavy atom. The summed E-state index contributed by atoms with van der Waals surface area (Å²) in [5.41, 5.74) is -2.01. The van der Waals surface area contributed by atoms with Gasteiger partial charge in [-0.25, -0.2) is 9.98 Å². The van der Waals surface area contributed by atoms with E-state index in [1.54, 1.807) is 6.92 Å². The van der Waals surface area contributed by atoms with Crippen LogP contribution in [-0.2, 0) is 0 Å². The fraction of sp³-hybridized carbons (Fsp3) is 0.500. The van der Waals surface area contributed by atoms with E-state index in [1.807, 2.05) is 0 Å². The molecule has 1 rings (SSSR count). The Morgan fingerprint density at radius 2 is 2.00 bits per heavy atom. The molecule has 1 unspecified atom stereocenters. The van der Waals surface area contributed by atoms with E-state index in [4.69, 9.17) is 0 Å². The minimum absolute atomic E-state index is 0.323. The lowest BCUT2D eigenvalue weighted by Crippen LogP contribution is -2.34. The first-order valence-electron chi connectivity index (χ1n) is 3.69. The van der Waals surface area contributed by atoms with Crippen LogP contribution in [0.5, 0.6) is 0 Å². The van der Waals surface area contributed by atoms with E-state index in [1.165, 1.54) is 0 Å². The summed E-state index contributed by atoms with van der Waals surface area (Å²) in [6.45, 7) is 2.60. The van der Waals surface area contributed by atoms with Crippen molar-refractivity contribution < 1.29 is 13.2 Å². The topological polar surface area (TPSA) is 24.7 Å². The van der Waals surface area contributed by atoms with Crippen molar-refractivity contribution in [1.29, 1.82) is 0 Å². The average molecular weight is 190 g/mol. The van der Waals surface area contributed by atoms with Crippen LogP contribution in [0.25, 0.3) is 0 Å². The van der Waals surface area contributed by atoms with E-state index >= 15 is 0 Å². The summed E-state index contributed by atoms with van der Waals surface area (Å²) in [5, 5.41) is 0. The van der Waals surface area contributed by atoms with Crippen LogP contribution in [0, 0.1) is 5.41 Å². The molecular weight excluding hydrogens is 181 g/mol. The highest BCUT2D eigenvalue weighted by Gasteiger charge is 2.48. The molecule has 0 spiro atoms. The van der Waals surface area contributed by atoms with Gasteiger partial charge in [0.15, 0.2) is 0 Å². The molecule has 0 aromatic heterocycles. The Labute approximate surface area is 73.9 Å². The molecule has 0 aliphatic carbocycles. The van der Waals surface area contributed by atoms with Crippen molar-refractivity contribution >= 4 is 12.1 Å². The number of aliphatic imine (C=N–C) groups is 2. The van der Waals surface area contributed by atoms with Crippen molar-refractivity contribution in [3.05, 3.63) is 12.3 Å². The van der Waals surface area contributed by atoms with Gasteiger partial charge in [-0.2, -0.15) is 13.2 Å². The van der Waals surface area contributed by atoms with Crippen molar-refractivity contribution in [2.45, 2.75) is 20.0 Å². The number of hydrogen-bond acceptors (Lipinski definition) is 2. The van der Waals surface area contributed by atoms with Crippen LogP contribution in [0.15, 0.2) is 22.3 Å². The summed E-state index contributed by atoms with van der Waals surface area (Å²) in [6.07, 6.45) is -1.33. The zero-order chi connectivity index (χ0) is 10.1. The molecule has 0 radical (unpaired) electrons. The van der Waals surface area contributed by atoms with Crippen LogP contribution in [0.4, 0.5) is 13.2 Å². The van der Waals surface area contributed by atoms with Gasteiger partial charge in [0.25, 0.3) is 0 Å². The maximum Gasteiger partial charge on any atom is 0.402 e. The van der Waals surface area contributed by atoms with Crippen molar-refractivity contribution in [3.63, 3.8) is 0 Å². The van der Waals surface area contributed by atoms with Crippen molar-refractivity contribution in [2.24, 2.45) is 15.4 Å². The molecule has 0 aromatic carbocycles. The third-order valence-corrected chi connectivity index (χ3v) is 1.81. The highest BCUT2D eigenvalue weighted by atomic mass is 19.4. The maximum atomic E-state index is 12.4. The molecular formula is C8H9F3N2. The molecule has 72 valence electrons. The fourth-order valence-electron chi connectivity index (χ4n) is 0.772. The van der Waals surface area contributed by atoms with E-state index in [9.17, 15) is 13.2 Å². The Bertz CT molecular complexity index is 288. The third kappa shape index (κ3) is 1.96. The molecule has 13 heavy (non-hydrogen) atoms. The van der Waals surface area contributed by atoms with Crippen LogP contribution in [0.3, 0.4) is 0 Å². The SMILES string of the molecule is CC1=NC=CC(C)(C(F)(F)F)C=N1. The van der Waals surface area contributed by atoms with Crippen molar-refractivity contribution in [2.75, 3.05) is 0 Å². The molecule has 1 atom stereocenters. The summed E-state index contributed by atoms with van der Waals surface area (Å²) < 4.78 is 37.3. The highest BCUT2D eigenvalue weighted by molar-refractivity contribution is 5.91. The second-order valence-corrected chi connectivity index (χ2v) is 3.03. The lowest BCUT2D eigenvalue weighted by molar-refractivity contribution is -0.174. The van der Waals surface area contributed by atoms with E-state index in [-0.39, 0.29) is 0 Å². The maximum absolute atomic E-state index is 12.4. The third-order valence-electron chi connectivity index (χ3n) is 1.81. The predicted molar refractivity (Wildman–Crippen MR) is 44.9 cm³/mol. The van der Waals surface area contributed by atoms with E-state index in [0.29, 0.717) is 5.84 Å². The number of halogens is 3. The quantitative estimate of drug-likeness (QED) is 0.560. The lowest BCUT2D eigenvalue weighted by Gasteiger charge is -2.23. The van der Waals surface area contributed by atoms with Crippen LogP contribution in [0.2, 0.25) is 0 Å². The number of rotatable bonds is 0. The van der Waals surface area contributed by atoms with Gasteiger partial charge in [0.2, 0.25) is 0 Å². The Morgan fingerprint density at radius 1 is 1.38 bits per heavy atom. The van der Waals surface area contributed by atoms with Gasteiger partial charge in [-0.1, -0.05) is 0 Å². The largest absolute Gasteiger partial charge is 0.402 e. The molecule has 2 nitrogen and oxygen atoms in total. The summed E-state index contributed by atoms with van der Waals surface area (Å²) in [7, 11) is 0. The standard InChI is InChI=1S/C8H9F3N2/c1-6-12-4-3-7(2,5-13-6)8(9,10)11/h3-5H,1-2H3. The van der Waals surface area contributed by atoms with Gasteiger partial charge in [0, 0.05) is 12.4 Å². The highest BCUT2D eigenvalue weighted by Crippen LogP contribution is 2.38. The van der Waals surface area contributed by atoms with E-state index in [2.05, 4.69) is 9.98 Å². The predicted octanol–water partition coefficient (Wildman–Crippen LogP) is 2.57. The average Bonchev–Trinajstić information content (AvgIpc) is 2.13. The first kappa shape index (κ1) is 9.95. The minimum Gasteiger partial charge on any atom is -0.245 e. The van der Waals surface area contributed by atoms with Crippen LogP contribution in [0.1, 0.15) is 13.8 Å². The zero-order valence-electron chi connectivity index (χ0n) is 7.26. The first-order valence-corrected chi connectivity index (χ1v) is 3.69. The van der Waals surface area contributed by atoms with E-state index in [0.717, 1.165) is 25.4 Å². The fourth-order valence-corrected chi connectivity index (χ4v) is 0.772. The summed E-state index contributed by atoms with van der Waals surface area (Å²) in [5.74, 6) is 0.323. The van der Waals surface area contributed by atoms with E-state index < -0.39 is 11.6 Å². The monoisotopic (exact) mass is 190 g/mol. The van der Waals surface area contributed by atoms with Gasteiger partial charge in [-0.05, 0) is 19.9 Å². The number of hydrogen-bond donors (Lipinski definition) is 0. The summed E-state index contributed by atoms with van der Waals surface area (Å²) >= 11 is 0. The second-order valence-electron chi connectivity index (χ2n) is 3.03. The Kier molecular flexibility index (Phi) is 2.28. The second kappa shape index (κ2) is 2.97. The number of allylic oxidation sites excluding steroid dienone is 1. The van der Waals surface area contributed by atoms with Gasteiger partial charge >= 0.3 is 6.18 Å². The summed E-state index contributed by atoms with van der Waals surface area (Å²) in [6, 6.07) is 0. The first-order chi connectivity index (χ1) is 5.85. The van der Waals surface area contributed by atoms with Gasteiger partial charge in [-0.15, -0.1) is 0 Å². The van der Waals surface area contributed by atoms with Gasteiger partial charge < -0.3 is 0 Å². The van der Waals surface area contributed by atoms with Crippen LogP contribution < -0.4 is 0 Å². The van der Waals surface area contributed by atoms with Crippen molar-refractivity contribution in [1.82, 2.24) is 0 Å².